The van der Waals surface area contributed by atoms with Crippen LogP contribution >= 0.6 is 8.20 Å². The van der Waals surface area contributed by atoms with Gasteiger partial charge in [0.05, 0.1) is 6.10 Å². The second-order valence-corrected chi connectivity index (χ2v) is 7.17. The van der Waals surface area contributed by atoms with E-state index in [9.17, 15) is 5.11 Å². The van der Waals surface area contributed by atoms with E-state index in [0.717, 1.165) is 34.2 Å². The molecule has 122 valence electrons. The highest BCUT2D eigenvalue weighted by Crippen LogP contribution is 2.19. The quantitative estimate of drug-likeness (QED) is 0.780. The summed E-state index contributed by atoms with van der Waals surface area (Å²) in [6.45, 7) is 10.2. The highest BCUT2D eigenvalue weighted by molar-refractivity contribution is 7.49. The van der Waals surface area contributed by atoms with Crippen LogP contribution in [0.15, 0.2) is 36.4 Å². The van der Waals surface area contributed by atoms with Crippen molar-refractivity contribution in [2.75, 3.05) is 0 Å². The minimum absolute atomic E-state index is 0.149. The number of rotatable bonds is 5. The number of aryl methyl sites for hydroxylation is 3. The van der Waals surface area contributed by atoms with Gasteiger partial charge in [0.25, 0.3) is 0 Å². The van der Waals surface area contributed by atoms with Crippen LogP contribution in [-0.2, 0) is 0 Å². The van der Waals surface area contributed by atoms with Crippen LogP contribution in [0, 0.1) is 20.8 Å². The van der Waals surface area contributed by atoms with E-state index in [-0.39, 0.29) is 11.6 Å². The van der Waals surface area contributed by atoms with Crippen molar-refractivity contribution in [3.63, 3.8) is 0 Å². The van der Waals surface area contributed by atoms with Gasteiger partial charge in [-0.2, -0.15) is 0 Å². The molecule has 0 saturated heterocycles. The highest BCUT2D eigenvalue weighted by Gasteiger charge is 2.04. The second kappa shape index (κ2) is 7.77. The van der Waals surface area contributed by atoms with Gasteiger partial charge in [-0.3, -0.25) is 0 Å². The molecular formula is C20H24O2P-. The van der Waals surface area contributed by atoms with Gasteiger partial charge in [0.2, 0.25) is 0 Å². The topological polar surface area (TPSA) is 32.3 Å². The lowest BCUT2D eigenvalue weighted by Crippen LogP contribution is -2.20. The van der Waals surface area contributed by atoms with E-state index < -0.39 is 0 Å². The van der Waals surface area contributed by atoms with Crippen LogP contribution in [0.4, 0.5) is 0 Å². The van der Waals surface area contributed by atoms with Crippen molar-refractivity contribution in [3.8, 4) is 5.75 Å². The monoisotopic (exact) mass is 327 g/mol. The maximum absolute atomic E-state index is 12.6. The summed E-state index contributed by atoms with van der Waals surface area (Å²) in [5, 5.41) is 13.6. The molecule has 0 saturated carbocycles. The number of ether oxygens (including phenoxy) is 1. The van der Waals surface area contributed by atoms with Gasteiger partial charge in [0, 0.05) is 5.30 Å². The summed E-state index contributed by atoms with van der Waals surface area (Å²) in [4.78, 5) is 0. The third kappa shape index (κ3) is 4.67. The van der Waals surface area contributed by atoms with E-state index in [0.29, 0.717) is 8.20 Å². The Bertz CT molecular complexity index is 679. The Kier molecular flexibility index (Phi) is 5.98. The Balaban J connectivity index is 2.25. The number of hydrogen-bond donors (Lipinski definition) is 0. The molecule has 23 heavy (non-hydrogen) atoms. The molecule has 0 heterocycles. The Labute approximate surface area is 140 Å². The molecule has 2 aromatic rings. The maximum Gasteiger partial charge on any atom is 0.119 e. The van der Waals surface area contributed by atoms with Crippen molar-refractivity contribution >= 4 is 19.0 Å². The van der Waals surface area contributed by atoms with Crippen molar-refractivity contribution in [2.45, 2.75) is 47.1 Å². The Hall–Kier alpha value is -1.63. The fourth-order valence-electron chi connectivity index (χ4n) is 2.61. The van der Waals surface area contributed by atoms with Crippen LogP contribution in [0.2, 0.25) is 0 Å². The average molecular weight is 327 g/mol. The fourth-order valence-corrected chi connectivity index (χ4v) is 3.60. The predicted octanol–water partition coefficient (Wildman–Crippen LogP) is 3.90. The Morgan fingerprint density at radius 1 is 1.09 bits per heavy atom. The molecule has 1 atom stereocenters. The van der Waals surface area contributed by atoms with E-state index in [1.54, 1.807) is 0 Å². The minimum Gasteiger partial charge on any atom is -0.823 e. The van der Waals surface area contributed by atoms with Crippen LogP contribution in [0.1, 0.15) is 42.5 Å². The van der Waals surface area contributed by atoms with Gasteiger partial charge >= 0.3 is 0 Å². The first-order chi connectivity index (χ1) is 10.9. The van der Waals surface area contributed by atoms with Gasteiger partial charge in [0.15, 0.2) is 0 Å². The summed E-state index contributed by atoms with van der Waals surface area (Å²) in [5.74, 6) is 0.855. The highest BCUT2D eigenvalue weighted by atomic mass is 31.1. The smallest absolute Gasteiger partial charge is 0.119 e. The molecule has 0 spiro atoms. The van der Waals surface area contributed by atoms with Crippen molar-refractivity contribution in [3.05, 3.63) is 58.7 Å². The largest absolute Gasteiger partial charge is 0.823 e. The normalized spacial score (nSPS) is 13.0. The Morgan fingerprint density at radius 2 is 1.65 bits per heavy atom. The third-order valence-corrected chi connectivity index (χ3v) is 4.85. The molecule has 2 rings (SSSR count). The van der Waals surface area contributed by atoms with E-state index in [1.165, 1.54) is 5.56 Å². The van der Waals surface area contributed by atoms with Crippen molar-refractivity contribution in [1.29, 1.82) is 0 Å². The van der Waals surface area contributed by atoms with Crippen molar-refractivity contribution in [2.24, 2.45) is 0 Å². The summed E-state index contributed by atoms with van der Waals surface area (Å²) < 4.78 is 5.77. The van der Waals surface area contributed by atoms with Crippen LogP contribution in [-0.4, -0.2) is 11.6 Å². The van der Waals surface area contributed by atoms with Crippen LogP contribution in [0.25, 0.3) is 0 Å². The molecule has 0 N–H and O–H groups in total. The Morgan fingerprint density at radius 3 is 2.17 bits per heavy atom. The zero-order chi connectivity index (χ0) is 17.0. The summed E-state index contributed by atoms with van der Waals surface area (Å²) in [6, 6.07) is 12.0. The first-order valence-corrected chi connectivity index (χ1v) is 8.90. The number of benzene rings is 2. The lowest BCUT2D eigenvalue weighted by atomic mass is 10.0. The molecule has 1 unspecified atom stereocenters. The van der Waals surface area contributed by atoms with E-state index in [2.05, 4.69) is 32.9 Å². The fraction of sp³-hybridized carbons (Fsp3) is 0.350. The maximum atomic E-state index is 12.6. The summed E-state index contributed by atoms with van der Waals surface area (Å²) in [5.41, 5.74) is 4.29. The van der Waals surface area contributed by atoms with Crippen LogP contribution < -0.4 is 15.1 Å². The predicted molar refractivity (Wildman–Crippen MR) is 98.1 cm³/mol. The van der Waals surface area contributed by atoms with Gasteiger partial charge in [0.1, 0.15) is 5.75 Å². The van der Waals surface area contributed by atoms with Crippen LogP contribution in [0.3, 0.4) is 0 Å². The van der Waals surface area contributed by atoms with Crippen molar-refractivity contribution < 1.29 is 9.84 Å². The minimum atomic E-state index is 0.149. The lowest BCUT2D eigenvalue weighted by Gasteiger charge is -2.19. The molecular weight excluding hydrogens is 303 g/mol. The molecule has 2 aromatic carbocycles. The molecule has 2 nitrogen and oxygen atoms in total. The molecule has 0 fully saturated rings. The van der Waals surface area contributed by atoms with Gasteiger partial charge in [-0.25, -0.2) is 0 Å². The van der Waals surface area contributed by atoms with Gasteiger partial charge in [-0.1, -0.05) is 32.8 Å². The first kappa shape index (κ1) is 17.7. The third-order valence-electron chi connectivity index (χ3n) is 3.87. The first-order valence-electron chi connectivity index (χ1n) is 8.01. The molecule has 0 aliphatic heterocycles. The molecule has 0 amide bonds. The van der Waals surface area contributed by atoms with Gasteiger partial charge < -0.3 is 9.84 Å². The summed E-state index contributed by atoms with van der Waals surface area (Å²) >= 11 is 0. The zero-order valence-corrected chi connectivity index (χ0v) is 15.4. The molecule has 0 radical (unpaired) electrons. The average Bonchev–Trinajstić information content (AvgIpc) is 2.48. The molecule has 3 heteroatoms. The zero-order valence-electron chi connectivity index (χ0n) is 14.5. The van der Waals surface area contributed by atoms with E-state index in [1.807, 2.05) is 38.1 Å². The van der Waals surface area contributed by atoms with Gasteiger partial charge in [-0.15, -0.1) is 5.48 Å². The lowest BCUT2D eigenvalue weighted by molar-refractivity contribution is -0.207. The molecule has 0 bridgehead atoms. The standard InChI is InChI=1S/C20H25O2P/c1-6-16(5)22-17-7-9-18(10-8-17)23-20(21)19-14(3)11-13(2)12-15(19)4/h7-12,16,21H,6H2,1-5H3/p-1. The molecule has 0 aliphatic rings. The summed E-state index contributed by atoms with van der Waals surface area (Å²) in [7, 11) is 0.707. The second-order valence-electron chi connectivity index (χ2n) is 6.02. The van der Waals surface area contributed by atoms with E-state index >= 15 is 0 Å². The van der Waals surface area contributed by atoms with Crippen molar-refractivity contribution in [1.82, 2.24) is 0 Å². The van der Waals surface area contributed by atoms with Crippen LogP contribution in [0.5, 0.6) is 5.75 Å². The molecule has 0 aliphatic carbocycles. The molecule has 0 aromatic heterocycles. The SMILES string of the molecule is CCC(C)Oc1ccc(P=C([O-])c2c(C)cc(C)cc2C)cc1. The van der Waals surface area contributed by atoms with E-state index in [4.69, 9.17) is 4.74 Å². The summed E-state index contributed by atoms with van der Waals surface area (Å²) in [6.07, 6.45) is 1.18. The number of hydrogen-bond acceptors (Lipinski definition) is 2. The van der Waals surface area contributed by atoms with Gasteiger partial charge in [-0.05, 0) is 75.1 Å².